The standard InChI is InChI=1S/C23H28ClFN4O6/c1-14(7-8-26-19(30)13-33-15-5-6-16(24)17(25)11-15)20-27-28-21(34-20)18-12-29(9-10-32-18)22(31)35-23(2,3)4/h5-6,11,18H,1,7-10,12-13H2,2-4H3,(H,26,30). The molecule has 0 spiro atoms. The number of ether oxygens (including phenoxy) is 3. The molecule has 1 atom stereocenters. The van der Waals surface area contributed by atoms with Crippen LogP contribution in [0.1, 0.15) is 45.1 Å². The highest BCUT2D eigenvalue weighted by Crippen LogP contribution is 2.25. The molecule has 0 aliphatic carbocycles. The maximum atomic E-state index is 13.4. The molecule has 35 heavy (non-hydrogen) atoms. The normalized spacial score (nSPS) is 16.0. The first-order chi connectivity index (χ1) is 16.5. The summed E-state index contributed by atoms with van der Waals surface area (Å²) in [5.74, 6) is -0.393. The monoisotopic (exact) mass is 510 g/mol. The van der Waals surface area contributed by atoms with E-state index < -0.39 is 29.5 Å². The zero-order chi connectivity index (χ0) is 25.6. The summed E-state index contributed by atoms with van der Waals surface area (Å²) in [7, 11) is 0. The lowest BCUT2D eigenvalue weighted by Gasteiger charge is -2.32. The summed E-state index contributed by atoms with van der Waals surface area (Å²) in [4.78, 5) is 25.8. The van der Waals surface area contributed by atoms with Gasteiger partial charge >= 0.3 is 6.09 Å². The number of rotatable bonds is 8. The summed E-state index contributed by atoms with van der Waals surface area (Å²) in [6.07, 6.45) is -0.672. The first-order valence-corrected chi connectivity index (χ1v) is 11.4. The molecule has 1 saturated heterocycles. The highest BCUT2D eigenvalue weighted by atomic mass is 35.5. The van der Waals surface area contributed by atoms with E-state index in [1.807, 2.05) is 0 Å². The Bertz CT molecular complexity index is 1070. The van der Waals surface area contributed by atoms with Crippen LogP contribution in [0.4, 0.5) is 9.18 Å². The molecule has 1 aliphatic rings. The number of hydrogen-bond donors (Lipinski definition) is 1. The molecule has 2 heterocycles. The van der Waals surface area contributed by atoms with Gasteiger partial charge in [-0.05, 0) is 39.3 Å². The Balaban J connectivity index is 1.43. The number of morpholine rings is 1. The molecule has 1 aliphatic heterocycles. The van der Waals surface area contributed by atoms with Crippen LogP contribution in [0.3, 0.4) is 0 Å². The zero-order valence-corrected chi connectivity index (χ0v) is 20.6. The molecular weight excluding hydrogens is 483 g/mol. The van der Waals surface area contributed by atoms with Crippen LogP contribution in [-0.2, 0) is 14.3 Å². The highest BCUT2D eigenvalue weighted by Gasteiger charge is 2.31. The fourth-order valence-corrected chi connectivity index (χ4v) is 3.14. The van der Waals surface area contributed by atoms with E-state index >= 15 is 0 Å². The van der Waals surface area contributed by atoms with Crippen molar-refractivity contribution in [2.45, 2.75) is 38.9 Å². The van der Waals surface area contributed by atoms with Gasteiger partial charge in [-0.1, -0.05) is 18.2 Å². The SMILES string of the molecule is C=C(CCNC(=O)COc1ccc(Cl)c(F)c1)c1nnc(C2CN(C(=O)OC(C)(C)C)CCO2)o1. The van der Waals surface area contributed by atoms with E-state index in [2.05, 4.69) is 22.1 Å². The second-order valence-corrected chi connectivity index (χ2v) is 9.21. The van der Waals surface area contributed by atoms with E-state index in [0.717, 1.165) is 6.07 Å². The van der Waals surface area contributed by atoms with Gasteiger partial charge in [0.15, 0.2) is 12.7 Å². The van der Waals surface area contributed by atoms with Crippen molar-refractivity contribution in [3.8, 4) is 5.75 Å². The van der Waals surface area contributed by atoms with Crippen LogP contribution < -0.4 is 10.1 Å². The third-order valence-electron chi connectivity index (χ3n) is 4.75. The van der Waals surface area contributed by atoms with Gasteiger partial charge in [0.2, 0.25) is 11.8 Å². The molecule has 1 aromatic heterocycles. The highest BCUT2D eigenvalue weighted by molar-refractivity contribution is 6.30. The van der Waals surface area contributed by atoms with E-state index in [1.165, 1.54) is 17.0 Å². The first kappa shape index (κ1) is 26.4. The first-order valence-electron chi connectivity index (χ1n) is 11.0. The summed E-state index contributed by atoms with van der Waals surface area (Å²) in [5.41, 5.74) is -0.0835. The summed E-state index contributed by atoms with van der Waals surface area (Å²) >= 11 is 5.61. The van der Waals surface area contributed by atoms with Gasteiger partial charge in [0.1, 0.15) is 17.2 Å². The van der Waals surface area contributed by atoms with Crippen molar-refractivity contribution in [1.82, 2.24) is 20.4 Å². The van der Waals surface area contributed by atoms with Crippen molar-refractivity contribution < 1.29 is 32.6 Å². The maximum Gasteiger partial charge on any atom is 0.410 e. The van der Waals surface area contributed by atoms with E-state index in [1.54, 1.807) is 20.8 Å². The topological polar surface area (TPSA) is 116 Å². The Kier molecular flexibility index (Phi) is 8.68. The van der Waals surface area contributed by atoms with Gasteiger partial charge in [-0.15, -0.1) is 10.2 Å². The van der Waals surface area contributed by atoms with E-state index in [9.17, 15) is 14.0 Å². The third kappa shape index (κ3) is 7.93. The van der Waals surface area contributed by atoms with Gasteiger partial charge in [-0.25, -0.2) is 9.18 Å². The lowest BCUT2D eigenvalue weighted by atomic mass is 10.2. The fraction of sp³-hybridized carbons (Fsp3) is 0.478. The Labute approximate surface area is 207 Å². The van der Waals surface area contributed by atoms with Crippen LogP contribution in [0, 0.1) is 5.82 Å². The number of nitrogens with one attached hydrogen (secondary N) is 1. The second kappa shape index (κ2) is 11.5. The molecule has 0 radical (unpaired) electrons. The van der Waals surface area contributed by atoms with Crippen LogP contribution in [0.25, 0.3) is 5.57 Å². The van der Waals surface area contributed by atoms with Gasteiger partial charge in [-0.2, -0.15) is 0 Å². The second-order valence-electron chi connectivity index (χ2n) is 8.80. The molecule has 0 bridgehead atoms. The van der Waals surface area contributed by atoms with Crippen molar-refractivity contribution in [2.75, 3.05) is 32.8 Å². The number of hydrogen-bond acceptors (Lipinski definition) is 8. The number of carbonyl (C=O) groups excluding carboxylic acids is 2. The number of carbonyl (C=O) groups is 2. The minimum Gasteiger partial charge on any atom is -0.484 e. The summed E-state index contributed by atoms with van der Waals surface area (Å²) < 4.78 is 35.4. The molecule has 0 saturated carbocycles. The van der Waals surface area contributed by atoms with Crippen LogP contribution in [0.5, 0.6) is 5.75 Å². The molecule has 190 valence electrons. The van der Waals surface area contributed by atoms with E-state index in [0.29, 0.717) is 25.1 Å². The van der Waals surface area contributed by atoms with E-state index in [4.69, 9.17) is 30.2 Å². The molecule has 2 aromatic rings. The number of halogens is 2. The molecule has 1 aromatic carbocycles. The molecular formula is C23H28ClFN4O6. The molecule has 1 fully saturated rings. The predicted molar refractivity (Wildman–Crippen MR) is 124 cm³/mol. The fourth-order valence-electron chi connectivity index (χ4n) is 3.02. The Morgan fingerprint density at radius 1 is 1.34 bits per heavy atom. The average molecular weight is 511 g/mol. The summed E-state index contributed by atoms with van der Waals surface area (Å²) in [5, 5.41) is 10.7. The average Bonchev–Trinajstić information content (AvgIpc) is 3.29. The summed E-state index contributed by atoms with van der Waals surface area (Å²) in [6, 6.07) is 3.92. The Morgan fingerprint density at radius 3 is 2.83 bits per heavy atom. The number of benzene rings is 1. The number of aromatic nitrogens is 2. The maximum absolute atomic E-state index is 13.4. The molecule has 2 amide bonds. The lowest BCUT2D eigenvalue weighted by Crippen LogP contribution is -2.44. The third-order valence-corrected chi connectivity index (χ3v) is 5.05. The quantitative estimate of drug-likeness (QED) is 0.570. The van der Waals surface area contributed by atoms with Crippen molar-refractivity contribution in [3.05, 3.63) is 47.4 Å². The number of nitrogens with zero attached hydrogens (tertiary/aromatic N) is 3. The van der Waals surface area contributed by atoms with Crippen LogP contribution in [0.15, 0.2) is 29.2 Å². The molecule has 10 nitrogen and oxygen atoms in total. The van der Waals surface area contributed by atoms with E-state index in [-0.39, 0.29) is 42.2 Å². The summed E-state index contributed by atoms with van der Waals surface area (Å²) in [6.45, 7) is 10.2. The minimum absolute atomic E-state index is 0.0279. The van der Waals surface area contributed by atoms with Gasteiger partial charge in [0.05, 0.1) is 18.2 Å². The zero-order valence-electron chi connectivity index (χ0n) is 19.8. The van der Waals surface area contributed by atoms with Gasteiger partial charge in [-0.3, -0.25) is 4.79 Å². The molecule has 1 unspecified atom stereocenters. The number of amides is 2. The largest absolute Gasteiger partial charge is 0.484 e. The van der Waals surface area contributed by atoms with Crippen molar-refractivity contribution in [3.63, 3.8) is 0 Å². The Hall–Kier alpha value is -3.18. The van der Waals surface area contributed by atoms with Crippen LogP contribution >= 0.6 is 11.6 Å². The van der Waals surface area contributed by atoms with Crippen molar-refractivity contribution in [2.24, 2.45) is 0 Å². The lowest BCUT2D eigenvalue weighted by molar-refractivity contribution is -0.123. The predicted octanol–water partition coefficient (Wildman–Crippen LogP) is 3.77. The molecule has 3 rings (SSSR count). The molecule has 1 N–H and O–H groups in total. The molecule has 12 heteroatoms. The smallest absolute Gasteiger partial charge is 0.410 e. The van der Waals surface area contributed by atoms with Crippen LogP contribution in [-0.4, -0.2) is 65.5 Å². The van der Waals surface area contributed by atoms with Gasteiger partial charge in [0, 0.05) is 24.7 Å². The minimum atomic E-state index is -0.629. The van der Waals surface area contributed by atoms with Gasteiger partial charge in [0.25, 0.3) is 5.91 Å². The van der Waals surface area contributed by atoms with Crippen molar-refractivity contribution >= 4 is 29.2 Å². The van der Waals surface area contributed by atoms with Crippen molar-refractivity contribution in [1.29, 1.82) is 0 Å². The van der Waals surface area contributed by atoms with Gasteiger partial charge < -0.3 is 28.8 Å². The Morgan fingerprint density at radius 2 is 2.11 bits per heavy atom. The van der Waals surface area contributed by atoms with Crippen LogP contribution in [0.2, 0.25) is 5.02 Å².